The van der Waals surface area contributed by atoms with Gasteiger partial charge in [0.2, 0.25) is 5.91 Å². The fraction of sp³-hybridized carbons (Fsp3) is 0.231. The molecule has 2 N–H and O–H groups in total. The fourth-order valence-corrected chi connectivity index (χ4v) is 4.06. The van der Waals surface area contributed by atoms with E-state index in [1.807, 2.05) is 24.3 Å². The van der Waals surface area contributed by atoms with E-state index in [2.05, 4.69) is 31.4 Å². The molecule has 0 aromatic heterocycles. The van der Waals surface area contributed by atoms with Crippen LogP contribution in [-0.4, -0.2) is 17.6 Å². The average Bonchev–Trinajstić information content (AvgIpc) is 2.75. The van der Waals surface area contributed by atoms with Gasteiger partial charge in [-0.15, -0.1) is 11.8 Å². The number of anilines is 2. The largest absolute Gasteiger partial charge is 0.325 e. The molecule has 3 rings (SSSR count). The van der Waals surface area contributed by atoms with Crippen LogP contribution in [0.25, 0.3) is 0 Å². The lowest BCUT2D eigenvalue weighted by Crippen LogP contribution is -2.16. The summed E-state index contributed by atoms with van der Waals surface area (Å²) >= 11 is 7.06. The van der Waals surface area contributed by atoms with Crippen LogP contribution in [0.3, 0.4) is 0 Å². The number of hydrogen-bond acceptors (Lipinski definition) is 3. The Hall–Kier alpha value is -2.83. The van der Waals surface area contributed by atoms with Crippen LogP contribution < -0.4 is 10.6 Å². The monoisotopic (exact) mass is 484 g/mol. The van der Waals surface area contributed by atoms with Gasteiger partial charge in [-0.1, -0.05) is 56.6 Å². The van der Waals surface area contributed by atoms with Crippen molar-refractivity contribution < 1.29 is 14.0 Å². The number of carbonyl (C=O) groups excluding carboxylic acids is 2. The van der Waals surface area contributed by atoms with Crippen LogP contribution >= 0.6 is 23.4 Å². The first-order chi connectivity index (χ1) is 15.6. The molecular formula is C26H26ClFN2O2S. The van der Waals surface area contributed by atoms with Crippen molar-refractivity contribution in [1.29, 1.82) is 0 Å². The maximum Gasteiger partial charge on any atom is 0.255 e. The number of thioether (sulfide) groups is 1. The Morgan fingerprint density at radius 2 is 1.61 bits per heavy atom. The maximum atomic E-state index is 13.8. The Kier molecular flexibility index (Phi) is 8.16. The first kappa shape index (κ1) is 24.8. The van der Waals surface area contributed by atoms with Gasteiger partial charge in [-0.3, -0.25) is 9.59 Å². The molecule has 2 amide bonds. The average molecular weight is 485 g/mol. The van der Waals surface area contributed by atoms with Crippen LogP contribution in [0.4, 0.5) is 15.8 Å². The molecule has 4 nitrogen and oxygen atoms in total. The second-order valence-corrected chi connectivity index (χ2v) is 10.1. The minimum Gasteiger partial charge on any atom is -0.325 e. The summed E-state index contributed by atoms with van der Waals surface area (Å²) in [6.45, 7) is 6.36. The highest BCUT2D eigenvalue weighted by Gasteiger charge is 2.14. The number of nitrogens with one attached hydrogen (secondary N) is 2. The Labute approximate surface area is 202 Å². The molecule has 0 saturated heterocycles. The summed E-state index contributed by atoms with van der Waals surface area (Å²) in [4.78, 5) is 24.9. The zero-order valence-electron chi connectivity index (χ0n) is 18.7. The van der Waals surface area contributed by atoms with Crippen LogP contribution in [0.5, 0.6) is 0 Å². The van der Waals surface area contributed by atoms with Crippen molar-refractivity contribution in [2.24, 2.45) is 0 Å². The molecular weight excluding hydrogens is 459 g/mol. The Morgan fingerprint density at radius 3 is 2.24 bits per heavy atom. The number of amides is 2. The van der Waals surface area contributed by atoms with Crippen LogP contribution in [0.15, 0.2) is 66.7 Å². The third-order valence-corrected chi connectivity index (χ3v) is 6.14. The minimum absolute atomic E-state index is 0.0167. The SMILES string of the molecule is CC(C)(C)c1ccc(C(=O)Nc2cccc(NC(=O)CSCc3ccc(Cl)cc3F)c2)cc1. The van der Waals surface area contributed by atoms with E-state index in [1.54, 1.807) is 36.4 Å². The van der Waals surface area contributed by atoms with E-state index >= 15 is 0 Å². The Bertz CT molecular complexity index is 1140. The molecule has 7 heteroatoms. The van der Waals surface area contributed by atoms with Crippen molar-refractivity contribution in [2.75, 3.05) is 16.4 Å². The van der Waals surface area contributed by atoms with Crippen molar-refractivity contribution >= 4 is 46.6 Å². The molecule has 0 aliphatic rings. The highest BCUT2D eigenvalue weighted by Crippen LogP contribution is 2.23. The quantitative estimate of drug-likeness (QED) is 0.383. The molecule has 0 heterocycles. The van der Waals surface area contributed by atoms with Gasteiger partial charge >= 0.3 is 0 Å². The third-order valence-electron chi connectivity index (χ3n) is 4.92. The molecule has 0 aliphatic heterocycles. The van der Waals surface area contributed by atoms with E-state index in [4.69, 9.17) is 11.6 Å². The van der Waals surface area contributed by atoms with E-state index in [0.29, 0.717) is 33.3 Å². The summed E-state index contributed by atoms with van der Waals surface area (Å²) in [5.41, 5.74) is 3.37. The van der Waals surface area contributed by atoms with E-state index in [1.165, 1.54) is 17.8 Å². The van der Waals surface area contributed by atoms with E-state index in [-0.39, 0.29) is 28.8 Å². The standard InChI is InChI=1S/C26H26ClFN2O2S/c1-26(2,3)19-10-7-17(8-11-19)25(32)30-22-6-4-5-21(14-22)29-24(31)16-33-15-18-9-12-20(27)13-23(18)28/h4-14H,15-16H2,1-3H3,(H,29,31)(H,30,32). The summed E-state index contributed by atoms with van der Waals surface area (Å²) in [7, 11) is 0. The highest BCUT2D eigenvalue weighted by molar-refractivity contribution is 7.99. The first-order valence-corrected chi connectivity index (χ1v) is 12.0. The van der Waals surface area contributed by atoms with Gasteiger partial charge in [-0.25, -0.2) is 4.39 Å². The van der Waals surface area contributed by atoms with Crippen LogP contribution in [0, 0.1) is 5.82 Å². The van der Waals surface area contributed by atoms with Gasteiger partial charge in [0.25, 0.3) is 5.91 Å². The molecule has 0 aliphatic carbocycles. The number of halogens is 2. The summed E-state index contributed by atoms with van der Waals surface area (Å²) in [5.74, 6) is -0.291. The lowest BCUT2D eigenvalue weighted by Gasteiger charge is -2.19. The van der Waals surface area contributed by atoms with Gasteiger partial charge in [-0.2, -0.15) is 0 Å². The predicted octanol–water partition coefficient (Wildman–Crippen LogP) is 6.90. The lowest BCUT2D eigenvalue weighted by molar-refractivity contribution is -0.113. The summed E-state index contributed by atoms with van der Waals surface area (Å²) < 4.78 is 13.8. The van der Waals surface area contributed by atoms with E-state index in [0.717, 1.165) is 5.56 Å². The smallest absolute Gasteiger partial charge is 0.255 e. The fourth-order valence-electron chi connectivity index (χ4n) is 3.09. The number of hydrogen-bond donors (Lipinski definition) is 2. The maximum absolute atomic E-state index is 13.8. The van der Waals surface area contributed by atoms with Gasteiger partial charge in [-0.05, 0) is 59.0 Å². The normalized spacial score (nSPS) is 11.2. The summed E-state index contributed by atoms with van der Waals surface area (Å²) in [6, 6.07) is 19.0. The molecule has 0 radical (unpaired) electrons. The number of rotatable bonds is 7. The number of carbonyl (C=O) groups is 2. The first-order valence-electron chi connectivity index (χ1n) is 10.5. The second-order valence-electron chi connectivity index (χ2n) is 8.64. The zero-order valence-corrected chi connectivity index (χ0v) is 20.3. The highest BCUT2D eigenvalue weighted by atomic mass is 35.5. The molecule has 0 fully saturated rings. The Balaban J connectivity index is 1.53. The number of benzene rings is 3. The molecule has 33 heavy (non-hydrogen) atoms. The lowest BCUT2D eigenvalue weighted by atomic mass is 9.87. The van der Waals surface area contributed by atoms with Crippen molar-refractivity contribution in [1.82, 2.24) is 0 Å². The van der Waals surface area contributed by atoms with Crippen molar-refractivity contribution in [2.45, 2.75) is 31.9 Å². The molecule has 0 atom stereocenters. The topological polar surface area (TPSA) is 58.2 Å². The van der Waals surface area contributed by atoms with Gasteiger partial charge in [0.1, 0.15) is 5.82 Å². The van der Waals surface area contributed by atoms with Crippen molar-refractivity contribution in [3.63, 3.8) is 0 Å². The van der Waals surface area contributed by atoms with E-state index in [9.17, 15) is 14.0 Å². The molecule has 3 aromatic rings. The zero-order chi connectivity index (χ0) is 24.0. The molecule has 0 unspecified atom stereocenters. The molecule has 0 saturated carbocycles. The summed E-state index contributed by atoms with van der Waals surface area (Å²) in [6.07, 6.45) is 0. The van der Waals surface area contributed by atoms with Gasteiger partial charge in [0.15, 0.2) is 0 Å². The van der Waals surface area contributed by atoms with Crippen molar-refractivity contribution in [3.05, 3.63) is 94.3 Å². The van der Waals surface area contributed by atoms with Gasteiger partial charge in [0, 0.05) is 27.7 Å². The molecule has 172 valence electrons. The van der Waals surface area contributed by atoms with Crippen LogP contribution in [0.2, 0.25) is 5.02 Å². The molecule has 3 aromatic carbocycles. The molecule has 0 spiro atoms. The van der Waals surface area contributed by atoms with E-state index < -0.39 is 0 Å². The Morgan fingerprint density at radius 1 is 0.939 bits per heavy atom. The molecule has 0 bridgehead atoms. The van der Waals surface area contributed by atoms with Crippen molar-refractivity contribution in [3.8, 4) is 0 Å². The van der Waals surface area contributed by atoms with Gasteiger partial charge < -0.3 is 10.6 Å². The minimum atomic E-state index is -0.383. The summed E-state index contributed by atoms with van der Waals surface area (Å²) in [5, 5.41) is 6.00. The predicted molar refractivity (Wildman–Crippen MR) is 136 cm³/mol. The van der Waals surface area contributed by atoms with Crippen LogP contribution in [0.1, 0.15) is 42.3 Å². The second kappa shape index (κ2) is 10.9. The third kappa shape index (κ3) is 7.34. The van der Waals surface area contributed by atoms with Crippen LogP contribution in [-0.2, 0) is 16.0 Å². The van der Waals surface area contributed by atoms with Gasteiger partial charge in [0.05, 0.1) is 5.75 Å².